The summed E-state index contributed by atoms with van der Waals surface area (Å²) in [4.78, 5) is 20.6. The van der Waals surface area contributed by atoms with Crippen molar-refractivity contribution in [3.05, 3.63) is 41.9 Å². The van der Waals surface area contributed by atoms with Crippen LogP contribution in [-0.4, -0.2) is 33.7 Å². The van der Waals surface area contributed by atoms with Crippen molar-refractivity contribution in [2.75, 3.05) is 18.5 Å². The van der Waals surface area contributed by atoms with Gasteiger partial charge in [-0.3, -0.25) is 9.78 Å². The minimum Gasteiger partial charge on any atom is -0.381 e. The summed E-state index contributed by atoms with van der Waals surface area (Å²) >= 11 is 0. The number of fused-ring (bicyclic) bond motifs is 1. The number of nitrogens with zero attached hydrogens (tertiary/aromatic N) is 3. The Morgan fingerprint density at radius 2 is 2.19 bits per heavy atom. The van der Waals surface area contributed by atoms with Gasteiger partial charge in [-0.1, -0.05) is 0 Å². The summed E-state index contributed by atoms with van der Waals surface area (Å²) in [7, 11) is 1.99. The highest BCUT2D eigenvalue weighted by atomic mass is 16.5. The van der Waals surface area contributed by atoms with Crippen LogP contribution in [0.3, 0.4) is 0 Å². The van der Waals surface area contributed by atoms with Crippen LogP contribution in [0.2, 0.25) is 0 Å². The van der Waals surface area contributed by atoms with Gasteiger partial charge in [0.2, 0.25) is 5.91 Å². The Morgan fingerprint density at radius 1 is 1.35 bits per heavy atom. The number of aromatic nitrogens is 3. The lowest BCUT2D eigenvalue weighted by atomic mass is 10.0. The monoisotopic (exact) mass is 350 g/mol. The average Bonchev–Trinajstić information content (AvgIpc) is 3.22. The predicted octanol–water partition coefficient (Wildman–Crippen LogP) is 3.41. The van der Waals surface area contributed by atoms with Gasteiger partial charge in [-0.2, -0.15) is 0 Å². The number of nitrogens with one attached hydrogen (secondary N) is 1. The molecular formula is C20H22N4O2. The van der Waals surface area contributed by atoms with Gasteiger partial charge in [0.05, 0.1) is 24.0 Å². The highest BCUT2D eigenvalue weighted by molar-refractivity contribution is 5.98. The molecule has 6 nitrogen and oxygen atoms in total. The Balaban J connectivity index is 1.84. The summed E-state index contributed by atoms with van der Waals surface area (Å²) in [5.74, 6) is 0.779. The Morgan fingerprint density at radius 3 is 2.92 bits per heavy atom. The number of hydrogen-bond acceptors (Lipinski definition) is 4. The second kappa shape index (κ2) is 6.53. The molecule has 1 aliphatic rings. The molecule has 1 atom stereocenters. The van der Waals surface area contributed by atoms with Gasteiger partial charge in [0.25, 0.3) is 0 Å². The van der Waals surface area contributed by atoms with Gasteiger partial charge >= 0.3 is 0 Å². The van der Waals surface area contributed by atoms with E-state index in [2.05, 4.69) is 35.6 Å². The Bertz CT molecular complexity index is 987. The number of pyridine rings is 2. The maximum atomic E-state index is 11.4. The van der Waals surface area contributed by atoms with Gasteiger partial charge in [-0.25, -0.2) is 4.98 Å². The van der Waals surface area contributed by atoms with E-state index in [1.807, 2.05) is 17.7 Å². The topological polar surface area (TPSA) is 69.0 Å². The summed E-state index contributed by atoms with van der Waals surface area (Å²) < 4.78 is 7.57. The summed E-state index contributed by atoms with van der Waals surface area (Å²) in [6.07, 6.45) is 4.87. The first kappa shape index (κ1) is 16.7. The molecule has 3 aromatic rings. The number of hydrogen-bond donors (Lipinski definition) is 1. The molecule has 26 heavy (non-hydrogen) atoms. The van der Waals surface area contributed by atoms with Crippen LogP contribution in [0.15, 0.2) is 30.6 Å². The standard InChI is InChI=1S/C20H22N4O2/c1-12-6-17(14-4-5-26-11-14)23-18(7-12)16-10-24(3)19-9-21-20(8-15(16)19)22-13(2)25/h6-10,14H,4-5,11H2,1-3H3,(H,21,22,25). The van der Waals surface area contributed by atoms with E-state index in [4.69, 9.17) is 9.72 Å². The molecule has 0 aromatic carbocycles. The van der Waals surface area contributed by atoms with E-state index in [-0.39, 0.29) is 5.91 Å². The van der Waals surface area contributed by atoms with E-state index in [0.29, 0.717) is 11.7 Å². The molecule has 0 radical (unpaired) electrons. The largest absolute Gasteiger partial charge is 0.381 e. The number of ether oxygens (including phenoxy) is 1. The fourth-order valence-corrected chi connectivity index (χ4v) is 3.54. The molecule has 0 aliphatic carbocycles. The molecular weight excluding hydrogens is 328 g/mol. The third kappa shape index (κ3) is 3.08. The normalized spacial score (nSPS) is 17.0. The number of carbonyl (C=O) groups is 1. The maximum absolute atomic E-state index is 11.4. The third-order valence-electron chi connectivity index (χ3n) is 4.79. The zero-order valence-corrected chi connectivity index (χ0v) is 15.2. The molecule has 134 valence electrons. The van der Waals surface area contributed by atoms with Crippen molar-refractivity contribution in [1.29, 1.82) is 0 Å². The van der Waals surface area contributed by atoms with Crippen molar-refractivity contribution in [2.24, 2.45) is 7.05 Å². The number of rotatable bonds is 3. The quantitative estimate of drug-likeness (QED) is 0.786. The first-order valence-corrected chi connectivity index (χ1v) is 8.80. The molecule has 4 heterocycles. The highest BCUT2D eigenvalue weighted by Crippen LogP contribution is 2.33. The van der Waals surface area contributed by atoms with Crippen molar-refractivity contribution in [3.63, 3.8) is 0 Å². The molecule has 0 spiro atoms. The van der Waals surface area contributed by atoms with Gasteiger partial charge < -0.3 is 14.6 Å². The zero-order chi connectivity index (χ0) is 18.3. The molecule has 3 aromatic heterocycles. The zero-order valence-electron chi connectivity index (χ0n) is 15.2. The summed E-state index contributed by atoms with van der Waals surface area (Å²) in [6, 6.07) is 6.17. The predicted molar refractivity (Wildman–Crippen MR) is 101 cm³/mol. The lowest BCUT2D eigenvalue weighted by Crippen LogP contribution is -2.07. The van der Waals surface area contributed by atoms with Gasteiger partial charge in [0.15, 0.2) is 0 Å². The van der Waals surface area contributed by atoms with Gasteiger partial charge in [-0.05, 0) is 37.1 Å². The van der Waals surface area contributed by atoms with Crippen LogP contribution in [0.4, 0.5) is 5.82 Å². The molecule has 1 fully saturated rings. The maximum Gasteiger partial charge on any atom is 0.222 e. The van der Waals surface area contributed by atoms with Crippen LogP contribution in [0, 0.1) is 6.92 Å². The first-order chi connectivity index (χ1) is 12.5. The molecule has 0 bridgehead atoms. The van der Waals surface area contributed by atoms with E-state index in [1.165, 1.54) is 12.5 Å². The Labute approximate surface area is 152 Å². The average molecular weight is 350 g/mol. The molecule has 1 N–H and O–H groups in total. The first-order valence-electron chi connectivity index (χ1n) is 8.80. The SMILES string of the molecule is CC(=O)Nc1cc2c(-c3cc(C)cc(C4CCOC4)n3)cn(C)c2cn1. The third-order valence-corrected chi connectivity index (χ3v) is 4.79. The van der Waals surface area contributed by atoms with Crippen molar-refractivity contribution in [1.82, 2.24) is 14.5 Å². The van der Waals surface area contributed by atoms with Crippen LogP contribution in [0.1, 0.15) is 30.5 Å². The molecule has 4 rings (SSSR count). The highest BCUT2D eigenvalue weighted by Gasteiger charge is 2.21. The van der Waals surface area contributed by atoms with E-state index in [9.17, 15) is 4.79 Å². The van der Waals surface area contributed by atoms with E-state index in [1.54, 1.807) is 6.20 Å². The van der Waals surface area contributed by atoms with E-state index in [0.717, 1.165) is 47.5 Å². The van der Waals surface area contributed by atoms with E-state index < -0.39 is 0 Å². The summed E-state index contributed by atoms with van der Waals surface area (Å²) in [5.41, 5.74) is 5.26. The number of anilines is 1. The minimum atomic E-state index is -0.133. The Hall–Kier alpha value is -2.73. The second-order valence-electron chi connectivity index (χ2n) is 6.94. The van der Waals surface area contributed by atoms with Crippen molar-refractivity contribution in [2.45, 2.75) is 26.2 Å². The van der Waals surface area contributed by atoms with Gasteiger partial charge in [0, 0.05) is 49.3 Å². The fourth-order valence-electron chi connectivity index (χ4n) is 3.54. The van der Waals surface area contributed by atoms with Crippen molar-refractivity contribution < 1.29 is 9.53 Å². The minimum absolute atomic E-state index is 0.133. The van der Waals surface area contributed by atoms with Gasteiger partial charge in [-0.15, -0.1) is 0 Å². The van der Waals surface area contributed by atoms with Crippen molar-refractivity contribution >= 4 is 22.6 Å². The van der Waals surface area contributed by atoms with Crippen LogP contribution in [0.5, 0.6) is 0 Å². The number of aryl methyl sites for hydroxylation is 2. The van der Waals surface area contributed by atoms with Crippen LogP contribution < -0.4 is 5.32 Å². The second-order valence-corrected chi connectivity index (χ2v) is 6.94. The molecule has 1 amide bonds. The summed E-state index contributed by atoms with van der Waals surface area (Å²) in [6.45, 7) is 5.12. The lowest BCUT2D eigenvalue weighted by Gasteiger charge is -2.11. The molecule has 1 unspecified atom stereocenters. The number of carbonyl (C=O) groups excluding carboxylic acids is 1. The lowest BCUT2D eigenvalue weighted by molar-refractivity contribution is -0.114. The molecule has 6 heteroatoms. The number of amides is 1. The van der Waals surface area contributed by atoms with Crippen molar-refractivity contribution in [3.8, 4) is 11.3 Å². The molecule has 1 saturated heterocycles. The fraction of sp³-hybridized carbons (Fsp3) is 0.350. The molecule has 0 saturated carbocycles. The summed E-state index contributed by atoms with van der Waals surface area (Å²) in [5, 5.41) is 3.78. The van der Waals surface area contributed by atoms with Crippen LogP contribution >= 0.6 is 0 Å². The Kier molecular flexibility index (Phi) is 4.20. The van der Waals surface area contributed by atoms with Crippen LogP contribution in [0.25, 0.3) is 22.2 Å². The van der Waals surface area contributed by atoms with Crippen LogP contribution in [-0.2, 0) is 16.6 Å². The van der Waals surface area contributed by atoms with Gasteiger partial charge in [0.1, 0.15) is 5.82 Å². The smallest absolute Gasteiger partial charge is 0.222 e. The molecule has 1 aliphatic heterocycles. The van der Waals surface area contributed by atoms with E-state index >= 15 is 0 Å².